The van der Waals surface area contributed by atoms with Gasteiger partial charge in [0.1, 0.15) is 5.82 Å². The van der Waals surface area contributed by atoms with E-state index in [0.29, 0.717) is 12.0 Å². The summed E-state index contributed by atoms with van der Waals surface area (Å²) < 4.78 is 5.40. The maximum atomic E-state index is 12.8. The van der Waals surface area contributed by atoms with Gasteiger partial charge < -0.3 is 14.7 Å². The minimum absolute atomic E-state index is 0.103. The van der Waals surface area contributed by atoms with Crippen LogP contribution in [0.3, 0.4) is 0 Å². The first-order chi connectivity index (χ1) is 13.8. The van der Waals surface area contributed by atoms with Gasteiger partial charge in [-0.1, -0.05) is 19.0 Å². The van der Waals surface area contributed by atoms with Gasteiger partial charge in [-0.25, -0.2) is 4.98 Å². The van der Waals surface area contributed by atoms with E-state index in [1.807, 2.05) is 19.9 Å². The Morgan fingerprint density at radius 3 is 2.72 bits per heavy atom. The van der Waals surface area contributed by atoms with Crippen molar-refractivity contribution in [3.05, 3.63) is 34.8 Å². The summed E-state index contributed by atoms with van der Waals surface area (Å²) in [7, 11) is 0. The lowest BCUT2D eigenvalue weighted by Gasteiger charge is -2.34. The molecule has 0 saturated heterocycles. The summed E-state index contributed by atoms with van der Waals surface area (Å²) in [5.74, 6) is 1.81. The Labute approximate surface area is 173 Å². The topological polar surface area (TPSA) is 71.3 Å². The highest BCUT2D eigenvalue weighted by molar-refractivity contribution is 5.92. The third-order valence-electron chi connectivity index (χ3n) is 6.43. The molecule has 0 unspecified atom stereocenters. The minimum Gasteiger partial charge on any atom is -0.362 e. The molecule has 3 heterocycles. The second-order valence-corrected chi connectivity index (χ2v) is 9.51. The highest BCUT2D eigenvalue weighted by Crippen LogP contribution is 2.38. The molecule has 1 saturated carbocycles. The fourth-order valence-corrected chi connectivity index (χ4v) is 4.50. The Hall–Kier alpha value is -2.37. The van der Waals surface area contributed by atoms with Crippen LogP contribution < -0.4 is 10.2 Å². The van der Waals surface area contributed by atoms with Gasteiger partial charge in [-0.3, -0.25) is 4.79 Å². The number of anilines is 2. The van der Waals surface area contributed by atoms with Crippen LogP contribution in [0.1, 0.15) is 68.7 Å². The molecule has 2 aliphatic rings. The van der Waals surface area contributed by atoms with Crippen LogP contribution in [0.2, 0.25) is 0 Å². The van der Waals surface area contributed by atoms with E-state index in [9.17, 15) is 4.79 Å². The van der Waals surface area contributed by atoms with Crippen LogP contribution in [-0.4, -0.2) is 22.6 Å². The SMILES string of the molecule is Cc1cc(CN2CCCc3nc(NC(=O)C4CCC(C)(C)CC4)c(C)cc32)on1. The molecule has 1 aliphatic heterocycles. The number of pyridine rings is 1. The van der Waals surface area contributed by atoms with Crippen molar-refractivity contribution < 1.29 is 9.32 Å². The Kier molecular flexibility index (Phi) is 5.36. The molecule has 2 aromatic heterocycles. The molecule has 6 heteroatoms. The van der Waals surface area contributed by atoms with Crippen molar-refractivity contribution in [1.82, 2.24) is 10.1 Å². The van der Waals surface area contributed by atoms with Gasteiger partial charge in [0.2, 0.25) is 5.91 Å². The highest BCUT2D eigenvalue weighted by atomic mass is 16.5. The van der Waals surface area contributed by atoms with Gasteiger partial charge in [-0.15, -0.1) is 0 Å². The highest BCUT2D eigenvalue weighted by Gasteiger charge is 2.31. The average Bonchev–Trinajstić information content (AvgIpc) is 3.07. The number of hydrogen-bond acceptors (Lipinski definition) is 5. The smallest absolute Gasteiger partial charge is 0.228 e. The van der Waals surface area contributed by atoms with Gasteiger partial charge in [0, 0.05) is 18.5 Å². The Morgan fingerprint density at radius 1 is 1.28 bits per heavy atom. The van der Waals surface area contributed by atoms with Gasteiger partial charge in [-0.05, 0) is 69.4 Å². The second-order valence-electron chi connectivity index (χ2n) is 9.51. The summed E-state index contributed by atoms with van der Waals surface area (Å²) >= 11 is 0. The first-order valence-corrected chi connectivity index (χ1v) is 10.8. The molecule has 1 aliphatic carbocycles. The summed E-state index contributed by atoms with van der Waals surface area (Å²) in [6.07, 6.45) is 6.12. The quantitative estimate of drug-likeness (QED) is 0.804. The van der Waals surface area contributed by atoms with Crippen LogP contribution in [0.5, 0.6) is 0 Å². The predicted molar refractivity (Wildman–Crippen MR) is 114 cm³/mol. The number of amides is 1. The van der Waals surface area contributed by atoms with Crippen molar-refractivity contribution in [3.8, 4) is 0 Å². The van der Waals surface area contributed by atoms with E-state index < -0.39 is 0 Å². The summed E-state index contributed by atoms with van der Waals surface area (Å²) in [6.45, 7) is 10.2. The Bertz CT molecular complexity index is 892. The largest absolute Gasteiger partial charge is 0.362 e. The van der Waals surface area contributed by atoms with Crippen molar-refractivity contribution in [2.24, 2.45) is 11.3 Å². The van der Waals surface area contributed by atoms with E-state index in [2.05, 4.69) is 35.3 Å². The van der Waals surface area contributed by atoms with Crippen LogP contribution in [0.25, 0.3) is 0 Å². The lowest BCUT2D eigenvalue weighted by molar-refractivity contribution is -0.121. The summed E-state index contributed by atoms with van der Waals surface area (Å²) in [6, 6.07) is 4.14. The molecule has 0 radical (unpaired) electrons. The normalized spacial score (nSPS) is 19.1. The molecule has 6 nitrogen and oxygen atoms in total. The third-order valence-corrected chi connectivity index (χ3v) is 6.43. The number of carbonyl (C=O) groups is 1. The van der Waals surface area contributed by atoms with Gasteiger partial charge in [0.25, 0.3) is 0 Å². The number of nitrogens with zero attached hydrogens (tertiary/aromatic N) is 3. The number of nitrogens with one attached hydrogen (secondary N) is 1. The minimum atomic E-state index is 0.103. The van der Waals surface area contributed by atoms with E-state index in [-0.39, 0.29) is 11.8 Å². The van der Waals surface area contributed by atoms with Crippen LogP contribution in [0.15, 0.2) is 16.7 Å². The van der Waals surface area contributed by atoms with E-state index in [1.54, 1.807) is 0 Å². The lowest BCUT2D eigenvalue weighted by atomic mass is 9.73. The molecule has 1 amide bonds. The molecule has 0 spiro atoms. The van der Waals surface area contributed by atoms with Crippen LogP contribution in [0.4, 0.5) is 11.5 Å². The van der Waals surface area contributed by atoms with Crippen molar-refractivity contribution in [3.63, 3.8) is 0 Å². The van der Waals surface area contributed by atoms with Crippen molar-refractivity contribution in [2.75, 3.05) is 16.8 Å². The van der Waals surface area contributed by atoms with E-state index in [1.165, 1.54) is 0 Å². The van der Waals surface area contributed by atoms with Crippen LogP contribution in [-0.2, 0) is 17.8 Å². The molecular weight excluding hydrogens is 364 g/mol. The van der Waals surface area contributed by atoms with Gasteiger partial charge >= 0.3 is 0 Å². The number of aryl methyl sites for hydroxylation is 3. The number of aromatic nitrogens is 2. The molecule has 0 aromatic carbocycles. The van der Waals surface area contributed by atoms with Gasteiger partial charge in [-0.2, -0.15) is 0 Å². The first kappa shape index (κ1) is 19.9. The fourth-order valence-electron chi connectivity index (χ4n) is 4.50. The van der Waals surface area contributed by atoms with Crippen LogP contribution in [0, 0.1) is 25.2 Å². The van der Waals surface area contributed by atoms with E-state index in [4.69, 9.17) is 9.51 Å². The molecule has 0 bridgehead atoms. The number of hydrogen-bond donors (Lipinski definition) is 1. The maximum Gasteiger partial charge on any atom is 0.228 e. The summed E-state index contributed by atoms with van der Waals surface area (Å²) in [4.78, 5) is 20.0. The zero-order valence-corrected chi connectivity index (χ0v) is 18.0. The van der Waals surface area contributed by atoms with Crippen molar-refractivity contribution >= 4 is 17.4 Å². The van der Waals surface area contributed by atoms with Crippen molar-refractivity contribution in [1.29, 1.82) is 0 Å². The standard InChI is InChI=1S/C23H32N4O2/c1-15-12-20-19(6-5-11-27(20)14-18-13-16(2)26-29-18)24-21(15)25-22(28)17-7-9-23(3,4)10-8-17/h12-13,17H,5-11,14H2,1-4H3,(H,24,25,28). The molecule has 156 valence electrons. The first-order valence-electron chi connectivity index (χ1n) is 10.8. The molecular formula is C23H32N4O2. The number of rotatable bonds is 4. The van der Waals surface area contributed by atoms with Gasteiger partial charge in [0.15, 0.2) is 5.76 Å². The predicted octanol–water partition coefficient (Wildman–Crippen LogP) is 4.79. The zero-order chi connectivity index (χ0) is 20.6. The molecule has 1 fully saturated rings. The van der Waals surface area contributed by atoms with E-state index >= 15 is 0 Å². The summed E-state index contributed by atoms with van der Waals surface area (Å²) in [5.41, 5.74) is 4.46. The Balaban J connectivity index is 1.48. The van der Waals surface area contributed by atoms with Crippen molar-refractivity contribution in [2.45, 2.75) is 72.8 Å². The monoisotopic (exact) mass is 396 g/mol. The van der Waals surface area contributed by atoms with Crippen LogP contribution >= 0.6 is 0 Å². The third kappa shape index (κ3) is 4.46. The average molecular weight is 397 g/mol. The fraction of sp³-hybridized carbons (Fsp3) is 0.609. The zero-order valence-electron chi connectivity index (χ0n) is 18.0. The maximum absolute atomic E-state index is 12.8. The number of carbonyl (C=O) groups excluding carboxylic acids is 1. The second kappa shape index (κ2) is 7.81. The molecule has 29 heavy (non-hydrogen) atoms. The molecule has 4 rings (SSSR count). The van der Waals surface area contributed by atoms with Gasteiger partial charge in [0.05, 0.1) is 23.6 Å². The molecule has 0 atom stereocenters. The molecule has 1 N–H and O–H groups in total. The lowest BCUT2D eigenvalue weighted by Crippen LogP contribution is -2.32. The Morgan fingerprint density at radius 2 is 2.03 bits per heavy atom. The summed E-state index contributed by atoms with van der Waals surface area (Å²) in [5, 5.41) is 7.12. The number of fused-ring (bicyclic) bond motifs is 1. The van der Waals surface area contributed by atoms with E-state index in [0.717, 1.165) is 79.3 Å². The molecule has 2 aromatic rings.